The van der Waals surface area contributed by atoms with Gasteiger partial charge in [-0.25, -0.2) is 4.79 Å². The minimum absolute atomic E-state index is 0.282. The third-order valence-corrected chi connectivity index (χ3v) is 6.50. The topological polar surface area (TPSA) is 96.2 Å². The second-order valence-corrected chi connectivity index (χ2v) is 9.64. The Kier molecular flexibility index (Phi) is 18.6. The lowest BCUT2D eigenvalue weighted by atomic mass is 10.0. The fourth-order valence-corrected chi connectivity index (χ4v) is 4.32. The summed E-state index contributed by atoms with van der Waals surface area (Å²) in [4.78, 5) is 10.4. The lowest BCUT2D eigenvalue weighted by molar-refractivity contribution is -0.261. The number of allylic oxidation sites excluding steroid dienone is 1. The van der Waals surface area contributed by atoms with Crippen molar-refractivity contribution in [2.75, 3.05) is 6.61 Å². The molecule has 33 heavy (non-hydrogen) atoms. The van der Waals surface area contributed by atoms with Crippen LogP contribution in [0, 0.1) is 0 Å². The van der Waals surface area contributed by atoms with E-state index in [1.807, 2.05) is 6.92 Å². The van der Waals surface area contributed by atoms with Crippen molar-refractivity contribution in [2.45, 2.75) is 147 Å². The quantitative estimate of drug-likeness (QED) is 0.138. The minimum atomic E-state index is -0.849. The molecule has 1 fully saturated rings. The molecule has 6 nitrogen and oxygen atoms in total. The molecule has 1 aliphatic rings. The smallest absolute Gasteiger partial charge is 0.327 e. The molecular weight excluding hydrogens is 420 g/mol. The maximum Gasteiger partial charge on any atom is 0.327 e. The molecule has 0 aromatic heterocycles. The summed E-state index contributed by atoms with van der Waals surface area (Å²) in [6, 6.07) is 0. The Morgan fingerprint density at radius 1 is 0.788 bits per heavy atom. The van der Waals surface area contributed by atoms with E-state index in [0.29, 0.717) is 13.0 Å². The predicted molar refractivity (Wildman–Crippen MR) is 132 cm³/mol. The average molecular weight is 471 g/mol. The second-order valence-electron chi connectivity index (χ2n) is 9.64. The lowest BCUT2D eigenvalue weighted by Gasteiger charge is -2.35. The molecular formula is C27H50O6. The van der Waals surface area contributed by atoms with Gasteiger partial charge >= 0.3 is 5.97 Å². The minimum Gasteiger partial charge on any atom is -0.478 e. The highest BCUT2D eigenvalue weighted by atomic mass is 16.7. The standard InChI is InChI=1S/C27H50O6/c1-23-24(28)22-25(29)27(33-23)32-21-19-17-15-13-11-9-7-5-3-2-4-6-8-10-12-14-16-18-20-26(30)31/h18,20,23-25,27-29H,2-17,19,21-22H2,1H3,(H,30,31). The average Bonchev–Trinajstić information content (AvgIpc) is 2.77. The first-order chi connectivity index (χ1) is 16.0. The van der Waals surface area contributed by atoms with Crippen LogP contribution in [0.1, 0.15) is 122 Å². The van der Waals surface area contributed by atoms with Crippen LogP contribution in [0.4, 0.5) is 0 Å². The van der Waals surface area contributed by atoms with Crippen LogP contribution >= 0.6 is 0 Å². The summed E-state index contributed by atoms with van der Waals surface area (Å²) in [6.07, 6.45) is 22.3. The third-order valence-electron chi connectivity index (χ3n) is 6.50. The van der Waals surface area contributed by atoms with Gasteiger partial charge in [0.2, 0.25) is 0 Å². The largest absolute Gasteiger partial charge is 0.478 e. The van der Waals surface area contributed by atoms with Crippen molar-refractivity contribution in [3.63, 3.8) is 0 Å². The summed E-state index contributed by atoms with van der Waals surface area (Å²) in [5, 5.41) is 28.1. The molecule has 0 amide bonds. The molecule has 0 aliphatic carbocycles. The van der Waals surface area contributed by atoms with E-state index in [1.54, 1.807) is 6.08 Å². The maximum atomic E-state index is 10.4. The number of aliphatic hydroxyl groups excluding tert-OH is 2. The Morgan fingerprint density at radius 3 is 1.73 bits per heavy atom. The molecule has 0 aromatic rings. The molecule has 0 bridgehead atoms. The summed E-state index contributed by atoms with van der Waals surface area (Å²) in [5.41, 5.74) is 0. The van der Waals surface area contributed by atoms with Crippen LogP contribution in [-0.4, -0.2) is 52.5 Å². The molecule has 0 spiro atoms. The summed E-state index contributed by atoms with van der Waals surface area (Å²) in [7, 11) is 0. The first-order valence-electron chi connectivity index (χ1n) is 13.5. The molecule has 3 N–H and O–H groups in total. The SMILES string of the molecule is CC1OC(OCCCCCCCCCCCCCCCCCCC=CC(=O)O)C(O)CC1O. The molecule has 1 rings (SSSR count). The first-order valence-corrected chi connectivity index (χ1v) is 13.5. The molecule has 4 unspecified atom stereocenters. The van der Waals surface area contributed by atoms with Crippen LogP contribution in [0.3, 0.4) is 0 Å². The first kappa shape index (κ1) is 30.1. The maximum absolute atomic E-state index is 10.4. The van der Waals surface area contributed by atoms with Crippen molar-refractivity contribution in [1.29, 1.82) is 0 Å². The Balaban J connectivity index is 1.73. The number of aliphatic carboxylic acids is 1. The monoisotopic (exact) mass is 470 g/mol. The van der Waals surface area contributed by atoms with Gasteiger partial charge in [0, 0.05) is 19.1 Å². The van der Waals surface area contributed by atoms with Crippen LogP contribution < -0.4 is 0 Å². The zero-order chi connectivity index (χ0) is 24.2. The van der Waals surface area contributed by atoms with E-state index in [1.165, 1.54) is 89.5 Å². The Bertz CT molecular complexity index is 495. The van der Waals surface area contributed by atoms with Crippen LogP contribution in [-0.2, 0) is 14.3 Å². The number of hydrogen-bond acceptors (Lipinski definition) is 5. The highest BCUT2D eigenvalue weighted by Crippen LogP contribution is 2.21. The molecule has 6 heteroatoms. The molecule has 1 saturated heterocycles. The number of hydrogen-bond donors (Lipinski definition) is 3. The van der Waals surface area contributed by atoms with E-state index in [4.69, 9.17) is 14.6 Å². The van der Waals surface area contributed by atoms with Crippen molar-refractivity contribution >= 4 is 5.97 Å². The molecule has 194 valence electrons. The summed E-state index contributed by atoms with van der Waals surface area (Å²) in [6.45, 7) is 2.42. The molecule has 4 atom stereocenters. The van der Waals surface area contributed by atoms with E-state index < -0.39 is 24.5 Å². The van der Waals surface area contributed by atoms with Crippen molar-refractivity contribution in [1.82, 2.24) is 0 Å². The van der Waals surface area contributed by atoms with Crippen molar-refractivity contribution in [2.24, 2.45) is 0 Å². The van der Waals surface area contributed by atoms with E-state index in [2.05, 4.69) is 0 Å². The van der Waals surface area contributed by atoms with Gasteiger partial charge in [0.05, 0.1) is 12.2 Å². The van der Waals surface area contributed by atoms with Gasteiger partial charge in [-0.3, -0.25) is 0 Å². The van der Waals surface area contributed by atoms with E-state index in [-0.39, 0.29) is 6.10 Å². The van der Waals surface area contributed by atoms with Gasteiger partial charge in [0.15, 0.2) is 6.29 Å². The number of carbonyl (C=O) groups is 1. The predicted octanol–water partition coefficient (Wildman–Crippen LogP) is 6.13. The summed E-state index contributed by atoms with van der Waals surface area (Å²) in [5.74, 6) is -0.849. The van der Waals surface area contributed by atoms with Crippen LogP contribution in [0.15, 0.2) is 12.2 Å². The van der Waals surface area contributed by atoms with Gasteiger partial charge < -0.3 is 24.8 Å². The number of aliphatic hydroxyl groups is 2. The highest BCUT2D eigenvalue weighted by Gasteiger charge is 2.34. The molecule has 1 heterocycles. The van der Waals surface area contributed by atoms with Crippen LogP contribution in [0.25, 0.3) is 0 Å². The lowest BCUT2D eigenvalue weighted by Crippen LogP contribution is -2.47. The number of carboxylic acid groups (broad SMARTS) is 1. The van der Waals surface area contributed by atoms with Crippen LogP contribution in [0.2, 0.25) is 0 Å². The van der Waals surface area contributed by atoms with Gasteiger partial charge in [-0.2, -0.15) is 0 Å². The second kappa shape index (κ2) is 20.4. The highest BCUT2D eigenvalue weighted by molar-refractivity contribution is 5.79. The molecule has 1 aliphatic heterocycles. The zero-order valence-corrected chi connectivity index (χ0v) is 21.0. The van der Waals surface area contributed by atoms with Gasteiger partial charge in [-0.15, -0.1) is 0 Å². The van der Waals surface area contributed by atoms with Gasteiger partial charge in [0.1, 0.15) is 6.10 Å². The number of rotatable bonds is 21. The van der Waals surface area contributed by atoms with Crippen molar-refractivity contribution < 1.29 is 29.6 Å². The van der Waals surface area contributed by atoms with Crippen molar-refractivity contribution in [3.05, 3.63) is 12.2 Å². The van der Waals surface area contributed by atoms with Crippen molar-refractivity contribution in [3.8, 4) is 0 Å². The van der Waals surface area contributed by atoms with E-state index >= 15 is 0 Å². The molecule has 0 aromatic carbocycles. The summed E-state index contributed by atoms with van der Waals surface area (Å²) >= 11 is 0. The normalized spacial score (nSPS) is 23.4. The summed E-state index contributed by atoms with van der Waals surface area (Å²) < 4.78 is 11.2. The zero-order valence-electron chi connectivity index (χ0n) is 21.0. The van der Waals surface area contributed by atoms with Gasteiger partial charge in [-0.1, -0.05) is 96.0 Å². The molecule has 0 radical (unpaired) electrons. The van der Waals surface area contributed by atoms with Gasteiger partial charge in [0.25, 0.3) is 0 Å². The Hall–Kier alpha value is -0.950. The fourth-order valence-electron chi connectivity index (χ4n) is 4.32. The third kappa shape index (κ3) is 17.2. The molecule has 0 saturated carbocycles. The Labute approximate surface area is 201 Å². The number of ether oxygens (including phenoxy) is 2. The fraction of sp³-hybridized carbons (Fsp3) is 0.889. The number of carboxylic acids is 1. The van der Waals surface area contributed by atoms with Gasteiger partial charge in [-0.05, 0) is 26.2 Å². The number of unbranched alkanes of at least 4 members (excludes halogenated alkanes) is 16. The Morgan fingerprint density at radius 2 is 1.24 bits per heavy atom. The van der Waals surface area contributed by atoms with E-state index in [0.717, 1.165) is 25.7 Å². The van der Waals surface area contributed by atoms with E-state index in [9.17, 15) is 15.0 Å². The van der Waals surface area contributed by atoms with Crippen LogP contribution in [0.5, 0.6) is 0 Å².